The molecule has 2 nitrogen and oxygen atoms in total. The molecule has 0 atom stereocenters. The van der Waals surface area contributed by atoms with Crippen LogP contribution in [0.5, 0.6) is 0 Å². The first kappa shape index (κ1) is 13.9. The number of aryl methyl sites for hydroxylation is 1. The summed E-state index contributed by atoms with van der Waals surface area (Å²) in [4.78, 5) is 2.54. The molecule has 1 fully saturated rings. The van der Waals surface area contributed by atoms with Gasteiger partial charge in [-0.25, -0.2) is 0 Å². The molecule has 1 aromatic rings. The monoisotopic (exact) mass is 310 g/mol. The van der Waals surface area contributed by atoms with Crippen molar-refractivity contribution >= 4 is 21.6 Å². The van der Waals surface area contributed by atoms with Crippen LogP contribution in [0.3, 0.4) is 0 Å². The number of piperidine rings is 1. The van der Waals surface area contributed by atoms with Crippen LogP contribution in [0.25, 0.3) is 0 Å². The van der Waals surface area contributed by atoms with Gasteiger partial charge in [0.2, 0.25) is 0 Å². The predicted molar refractivity (Wildman–Crippen MR) is 82.4 cm³/mol. The lowest BCUT2D eigenvalue weighted by Gasteiger charge is -2.34. The van der Waals surface area contributed by atoms with Gasteiger partial charge in [0.15, 0.2) is 0 Å². The summed E-state index contributed by atoms with van der Waals surface area (Å²) in [5.41, 5.74) is 2.78. The zero-order valence-electron chi connectivity index (χ0n) is 11.4. The van der Waals surface area contributed by atoms with Crippen molar-refractivity contribution in [3.63, 3.8) is 0 Å². The highest BCUT2D eigenvalue weighted by Gasteiger charge is 2.19. The van der Waals surface area contributed by atoms with E-state index in [1.165, 1.54) is 48.1 Å². The summed E-state index contributed by atoms with van der Waals surface area (Å²) in [6.45, 7) is 5.77. The van der Waals surface area contributed by atoms with E-state index in [1.54, 1.807) is 0 Å². The molecule has 0 radical (unpaired) electrons. The van der Waals surface area contributed by atoms with Crippen LogP contribution in [-0.4, -0.2) is 26.7 Å². The van der Waals surface area contributed by atoms with Gasteiger partial charge in [-0.15, -0.1) is 0 Å². The van der Waals surface area contributed by atoms with E-state index in [4.69, 9.17) is 0 Å². The fraction of sp³-hybridized carbons (Fsp3) is 0.600. The number of hydrogen-bond donors (Lipinski definition) is 1. The Morgan fingerprint density at radius 2 is 2.06 bits per heavy atom. The van der Waals surface area contributed by atoms with E-state index in [-0.39, 0.29) is 0 Å². The Labute approximate surface area is 119 Å². The molecule has 0 bridgehead atoms. The fourth-order valence-electron chi connectivity index (χ4n) is 2.78. The Hall–Kier alpha value is -0.540. The van der Waals surface area contributed by atoms with Crippen LogP contribution in [0.2, 0.25) is 0 Å². The molecular weight excluding hydrogens is 288 g/mol. The highest BCUT2D eigenvalue weighted by atomic mass is 79.9. The molecule has 1 aromatic carbocycles. The van der Waals surface area contributed by atoms with E-state index < -0.39 is 0 Å². The SMILES string of the molecule is CNCCC1CCN(c2ccc(Br)cc2C)CC1. The van der Waals surface area contributed by atoms with Gasteiger partial charge in [0, 0.05) is 23.2 Å². The van der Waals surface area contributed by atoms with E-state index in [2.05, 4.69) is 51.3 Å². The first-order valence-corrected chi connectivity index (χ1v) is 7.65. The van der Waals surface area contributed by atoms with Crippen molar-refractivity contribution in [2.75, 3.05) is 31.6 Å². The van der Waals surface area contributed by atoms with Crippen LogP contribution in [-0.2, 0) is 0 Å². The summed E-state index contributed by atoms with van der Waals surface area (Å²) < 4.78 is 1.17. The quantitative estimate of drug-likeness (QED) is 0.914. The van der Waals surface area contributed by atoms with Crippen LogP contribution >= 0.6 is 15.9 Å². The summed E-state index contributed by atoms with van der Waals surface area (Å²) in [6.07, 6.45) is 3.98. The molecule has 0 aromatic heterocycles. The van der Waals surface area contributed by atoms with Gasteiger partial charge < -0.3 is 10.2 Å². The number of halogens is 1. The van der Waals surface area contributed by atoms with Crippen molar-refractivity contribution < 1.29 is 0 Å². The van der Waals surface area contributed by atoms with E-state index in [1.807, 2.05) is 7.05 Å². The van der Waals surface area contributed by atoms with Crippen molar-refractivity contribution in [3.8, 4) is 0 Å². The summed E-state index contributed by atoms with van der Waals surface area (Å²) in [6, 6.07) is 6.60. The Kier molecular flexibility index (Phi) is 5.07. The Bertz CT molecular complexity index is 384. The number of nitrogens with one attached hydrogen (secondary N) is 1. The van der Waals surface area contributed by atoms with Crippen LogP contribution in [0, 0.1) is 12.8 Å². The lowest BCUT2D eigenvalue weighted by atomic mass is 9.93. The second-order valence-electron chi connectivity index (χ2n) is 5.25. The van der Waals surface area contributed by atoms with E-state index in [0.29, 0.717) is 0 Å². The maximum absolute atomic E-state index is 3.53. The Morgan fingerprint density at radius 3 is 2.67 bits per heavy atom. The largest absolute Gasteiger partial charge is 0.371 e. The van der Waals surface area contributed by atoms with Gasteiger partial charge in [-0.1, -0.05) is 15.9 Å². The van der Waals surface area contributed by atoms with Gasteiger partial charge in [0.05, 0.1) is 0 Å². The molecule has 1 N–H and O–H groups in total. The van der Waals surface area contributed by atoms with Gasteiger partial charge in [0.1, 0.15) is 0 Å². The molecule has 1 aliphatic heterocycles. The van der Waals surface area contributed by atoms with Crippen molar-refractivity contribution in [2.45, 2.75) is 26.2 Å². The average Bonchev–Trinajstić information content (AvgIpc) is 2.37. The Balaban J connectivity index is 1.93. The van der Waals surface area contributed by atoms with Crippen LogP contribution in [0.1, 0.15) is 24.8 Å². The zero-order chi connectivity index (χ0) is 13.0. The molecular formula is C15H23BrN2. The molecule has 1 heterocycles. The molecule has 2 rings (SSSR count). The molecule has 18 heavy (non-hydrogen) atoms. The number of nitrogens with zero attached hydrogens (tertiary/aromatic N) is 1. The predicted octanol–water partition coefficient (Wildman–Crippen LogP) is 3.58. The number of benzene rings is 1. The molecule has 0 aliphatic carbocycles. The van der Waals surface area contributed by atoms with Gasteiger partial charge >= 0.3 is 0 Å². The minimum Gasteiger partial charge on any atom is -0.371 e. The lowest BCUT2D eigenvalue weighted by Crippen LogP contribution is -2.34. The second kappa shape index (κ2) is 6.58. The topological polar surface area (TPSA) is 15.3 Å². The minimum atomic E-state index is 0.907. The lowest BCUT2D eigenvalue weighted by molar-refractivity contribution is 0.378. The second-order valence-corrected chi connectivity index (χ2v) is 6.17. The van der Waals surface area contributed by atoms with Crippen LogP contribution < -0.4 is 10.2 Å². The maximum atomic E-state index is 3.53. The number of rotatable bonds is 4. The summed E-state index contributed by atoms with van der Waals surface area (Å²) in [5, 5.41) is 3.25. The van der Waals surface area contributed by atoms with E-state index in [0.717, 1.165) is 12.5 Å². The summed E-state index contributed by atoms with van der Waals surface area (Å²) in [5.74, 6) is 0.907. The minimum absolute atomic E-state index is 0.907. The molecule has 1 aliphatic rings. The first-order valence-electron chi connectivity index (χ1n) is 6.86. The standard InChI is InChI=1S/C15H23BrN2/c1-12-11-14(16)3-4-15(12)18-9-6-13(7-10-18)5-8-17-2/h3-4,11,13,17H,5-10H2,1-2H3. The summed E-state index contributed by atoms with van der Waals surface area (Å²) in [7, 11) is 2.04. The summed E-state index contributed by atoms with van der Waals surface area (Å²) >= 11 is 3.53. The van der Waals surface area contributed by atoms with Gasteiger partial charge in [-0.05, 0) is 69.5 Å². The smallest absolute Gasteiger partial charge is 0.0396 e. The average molecular weight is 311 g/mol. The Morgan fingerprint density at radius 1 is 1.33 bits per heavy atom. The maximum Gasteiger partial charge on any atom is 0.0396 e. The van der Waals surface area contributed by atoms with Gasteiger partial charge in [0.25, 0.3) is 0 Å². The normalized spacial score (nSPS) is 17.2. The van der Waals surface area contributed by atoms with Gasteiger partial charge in [-0.2, -0.15) is 0 Å². The van der Waals surface area contributed by atoms with E-state index in [9.17, 15) is 0 Å². The highest BCUT2D eigenvalue weighted by molar-refractivity contribution is 9.10. The fourth-order valence-corrected chi connectivity index (χ4v) is 3.26. The molecule has 100 valence electrons. The zero-order valence-corrected chi connectivity index (χ0v) is 13.0. The third-order valence-electron chi connectivity index (χ3n) is 3.92. The molecule has 0 amide bonds. The van der Waals surface area contributed by atoms with Crippen molar-refractivity contribution in [2.24, 2.45) is 5.92 Å². The number of anilines is 1. The van der Waals surface area contributed by atoms with Gasteiger partial charge in [-0.3, -0.25) is 0 Å². The third-order valence-corrected chi connectivity index (χ3v) is 4.41. The first-order chi connectivity index (χ1) is 8.70. The molecule has 0 spiro atoms. The van der Waals surface area contributed by atoms with Crippen molar-refractivity contribution in [1.29, 1.82) is 0 Å². The molecule has 1 saturated heterocycles. The van der Waals surface area contributed by atoms with Crippen LogP contribution in [0.4, 0.5) is 5.69 Å². The highest BCUT2D eigenvalue weighted by Crippen LogP contribution is 2.28. The third kappa shape index (κ3) is 3.48. The number of hydrogen-bond acceptors (Lipinski definition) is 2. The molecule has 0 saturated carbocycles. The van der Waals surface area contributed by atoms with E-state index >= 15 is 0 Å². The molecule has 3 heteroatoms. The molecule has 0 unspecified atom stereocenters. The van der Waals surface area contributed by atoms with Crippen LogP contribution in [0.15, 0.2) is 22.7 Å². The van der Waals surface area contributed by atoms with Crippen molar-refractivity contribution in [3.05, 3.63) is 28.2 Å². The van der Waals surface area contributed by atoms with Crippen molar-refractivity contribution in [1.82, 2.24) is 5.32 Å².